The van der Waals surface area contributed by atoms with Crippen LogP contribution in [0.25, 0.3) is 16.8 Å². The van der Waals surface area contributed by atoms with Crippen molar-refractivity contribution in [2.75, 3.05) is 11.5 Å². The monoisotopic (exact) mass is 550 g/mol. The van der Waals surface area contributed by atoms with Gasteiger partial charge in [-0.05, 0) is 83.8 Å². The first kappa shape index (κ1) is 27.3. The molecule has 0 saturated carbocycles. The third-order valence-electron chi connectivity index (χ3n) is 6.51. The smallest absolute Gasteiger partial charge is 0.335 e. The van der Waals surface area contributed by atoms with Crippen LogP contribution in [0.4, 0.5) is 14.9 Å². The van der Waals surface area contributed by atoms with E-state index in [-0.39, 0.29) is 11.3 Å². The first-order valence-electron chi connectivity index (χ1n) is 13.1. The number of hydrogen-bond donors (Lipinski definition) is 1. The second kappa shape index (κ2) is 11.9. The SMILES string of the molecule is C=CCc1cc(/C=C2\C(=O)NC(=O)N(c3ccc(F)cc3)C2=O)cc(OCC)c1OCc1ccc2ccccc2c1. The number of amides is 4. The molecule has 0 spiro atoms. The van der Waals surface area contributed by atoms with Gasteiger partial charge in [0.05, 0.1) is 12.3 Å². The van der Waals surface area contributed by atoms with Gasteiger partial charge in [0, 0.05) is 5.56 Å². The number of allylic oxidation sites excluding steroid dienone is 1. The molecular weight excluding hydrogens is 523 g/mol. The van der Waals surface area contributed by atoms with E-state index in [1.807, 2.05) is 37.3 Å². The van der Waals surface area contributed by atoms with Gasteiger partial charge >= 0.3 is 6.03 Å². The summed E-state index contributed by atoms with van der Waals surface area (Å²) in [6, 6.07) is 21.6. The number of ether oxygens (including phenoxy) is 2. The summed E-state index contributed by atoms with van der Waals surface area (Å²) in [5.41, 5.74) is 2.10. The Labute approximate surface area is 236 Å². The normalized spacial score (nSPS) is 14.3. The molecule has 0 bridgehead atoms. The van der Waals surface area contributed by atoms with Crippen LogP contribution in [0.15, 0.2) is 97.1 Å². The summed E-state index contributed by atoms with van der Waals surface area (Å²) in [7, 11) is 0. The van der Waals surface area contributed by atoms with E-state index in [0.717, 1.165) is 38.9 Å². The number of nitrogens with one attached hydrogen (secondary N) is 1. The van der Waals surface area contributed by atoms with Gasteiger partial charge in [0.15, 0.2) is 11.5 Å². The molecule has 7 nitrogen and oxygen atoms in total. The van der Waals surface area contributed by atoms with Crippen molar-refractivity contribution in [2.45, 2.75) is 20.0 Å². The standard InChI is InChI=1S/C33H27FN2O5/c1-3-7-25-17-22(18-28-31(37)35-33(39)36(32(28)38)27-14-12-26(34)13-15-27)19-29(40-4-2)30(25)41-20-21-10-11-23-8-5-6-9-24(23)16-21/h3,5-6,8-19H,1,4,7,20H2,2H3,(H,35,37,39)/b28-18+. The maximum absolute atomic E-state index is 13.4. The van der Waals surface area contributed by atoms with Crippen molar-refractivity contribution in [3.63, 3.8) is 0 Å². The largest absolute Gasteiger partial charge is 0.490 e. The Morgan fingerprint density at radius 3 is 2.41 bits per heavy atom. The summed E-state index contributed by atoms with van der Waals surface area (Å²) >= 11 is 0. The van der Waals surface area contributed by atoms with E-state index in [4.69, 9.17) is 9.47 Å². The van der Waals surface area contributed by atoms with Gasteiger partial charge in [0.1, 0.15) is 18.0 Å². The van der Waals surface area contributed by atoms with Gasteiger partial charge in [0.25, 0.3) is 11.8 Å². The first-order chi connectivity index (χ1) is 19.9. The summed E-state index contributed by atoms with van der Waals surface area (Å²) in [4.78, 5) is 39.3. The molecule has 1 saturated heterocycles. The van der Waals surface area contributed by atoms with Crippen molar-refractivity contribution in [2.24, 2.45) is 0 Å². The number of barbiturate groups is 1. The van der Waals surface area contributed by atoms with Gasteiger partial charge in [-0.3, -0.25) is 14.9 Å². The van der Waals surface area contributed by atoms with E-state index < -0.39 is 23.7 Å². The topological polar surface area (TPSA) is 84.9 Å². The van der Waals surface area contributed by atoms with E-state index in [1.54, 1.807) is 18.2 Å². The van der Waals surface area contributed by atoms with E-state index in [1.165, 1.54) is 18.2 Å². The van der Waals surface area contributed by atoms with Gasteiger partial charge in [-0.15, -0.1) is 6.58 Å². The van der Waals surface area contributed by atoms with Crippen molar-refractivity contribution in [3.8, 4) is 11.5 Å². The zero-order valence-electron chi connectivity index (χ0n) is 22.4. The maximum atomic E-state index is 13.4. The molecule has 0 aromatic heterocycles. The minimum atomic E-state index is -0.913. The summed E-state index contributed by atoms with van der Waals surface area (Å²) < 4.78 is 25.6. The molecule has 5 rings (SSSR count). The summed E-state index contributed by atoms with van der Waals surface area (Å²) in [6.45, 7) is 6.34. The van der Waals surface area contributed by atoms with E-state index >= 15 is 0 Å². The van der Waals surface area contributed by atoms with E-state index in [0.29, 0.717) is 36.7 Å². The Morgan fingerprint density at radius 1 is 0.927 bits per heavy atom. The zero-order chi connectivity index (χ0) is 28.9. The van der Waals surface area contributed by atoms with Crippen LogP contribution >= 0.6 is 0 Å². The van der Waals surface area contributed by atoms with Crippen molar-refractivity contribution in [3.05, 3.63) is 120 Å². The Bertz CT molecular complexity index is 1690. The molecule has 1 aliphatic heterocycles. The summed E-state index contributed by atoms with van der Waals surface area (Å²) in [6.07, 6.45) is 3.55. The lowest BCUT2D eigenvalue weighted by Gasteiger charge is -2.26. The van der Waals surface area contributed by atoms with Gasteiger partial charge in [0.2, 0.25) is 0 Å². The van der Waals surface area contributed by atoms with Gasteiger partial charge in [-0.25, -0.2) is 14.1 Å². The summed E-state index contributed by atoms with van der Waals surface area (Å²) in [5, 5.41) is 4.42. The minimum Gasteiger partial charge on any atom is -0.490 e. The molecule has 1 fully saturated rings. The molecule has 0 aliphatic carbocycles. The van der Waals surface area contributed by atoms with Crippen molar-refractivity contribution < 1.29 is 28.2 Å². The molecule has 4 amide bonds. The molecule has 41 heavy (non-hydrogen) atoms. The average Bonchev–Trinajstić information content (AvgIpc) is 2.96. The second-order valence-electron chi connectivity index (χ2n) is 9.34. The Morgan fingerprint density at radius 2 is 1.68 bits per heavy atom. The van der Waals surface area contributed by atoms with Crippen LogP contribution in [0.3, 0.4) is 0 Å². The van der Waals surface area contributed by atoms with E-state index in [9.17, 15) is 18.8 Å². The Kier molecular flexibility index (Phi) is 7.92. The van der Waals surface area contributed by atoms with Crippen LogP contribution in [0.5, 0.6) is 11.5 Å². The lowest BCUT2D eigenvalue weighted by molar-refractivity contribution is -0.122. The molecular formula is C33H27FN2O5. The molecule has 0 radical (unpaired) electrons. The Hall–Kier alpha value is -5.24. The number of anilines is 1. The molecule has 4 aromatic carbocycles. The molecule has 8 heteroatoms. The van der Waals surface area contributed by atoms with Crippen molar-refractivity contribution in [1.29, 1.82) is 0 Å². The number of benzene rings is 4. The highest BCUT2D eigenvalue weighted by Gasteiger charge is 2.37. The average molecular weight is 551 g/mol. The number of imide groups is 2. The fraction of sp³-hybridized carbons (Fsp3) is 0.121. The number of carbonyl (C=O) groups is 3. The fourth-order valence-electron chi connectivity index (χ4n) is 4.63. The Balaban J connectivity index is 1.49. The number of nitrogens with zero attached hydrogens (tertiary/aromatic N) is 1. The molecule has 206 valence electrons. The molecule has 1 aliphatic rings. The molecule has 1 heterocycles. The number of carbonyl (C=O) groups excluding carboxylic acids is 3. The van der Waals surface area contributed by atoms with E-state index in [2.05, 4.69) is 24.0 Å². The highest BCUT2D eigenvalue weighted by Crippen LogP contribution is 2.36. The quantitative estimate of drug-likeness (QED) is 0.149. The first-order valence-corrected chi connectivity index (χ1v) is 13.1. The number of fused-ring (bicyclic) bond motifs is 1. The lowest BCUT2D eigenvalue weighted by atomic mass is 10.0. The second-order valence-corrected chi connectivity index (χ2v) is 9.34. The highest BCUT2D eigenvalue weighted by atomic mass is 19.1. The van der Waals surface area contributed by atoms with Crippen LogP contribution in [-0.2, 0) is 22.6 Å². The van der Waals surface area contributed by atoms with Gasteiger partial charge in [-0.1, -0.05) is 42.5 Å². The van der Waals surface area contributed by atoms with Crippen molar-refractivity contribution in [1.82, 2.24) is 5.32 Å². The van der Waals surface area contributed by atoms with Crippen LogP contribution in [0, 0.1) is 5.82 Å². The third-order valence-corrected chi connectivity index (χ3v) is 6.51. The summed E-state index contributed by atoms with van der Waals surface area (Å²) in [5.74, 6) is -1.21. The predicted octanol–water partition coefficient (Wildman–Crippen LogP) is 6.35. The molecule has 0 atom stereocenters. The molecule has 1 N–H and O–H groups in total. The number of halogens is 1. The number of rotatable bonds is 9. The maximum Gasteiger partial charge on any atom is 0.335 e. The van der Waals surface area contributed by atoms with Gasteiger partial charge in [-0.2, -0.15) is 0 Å². The molecule has 0 unspecified atom stereocenters. The predicted molar refractivity (Wildman–Crippen MR) is 155 cm³/mol. The minimum absolute atomic E-state index is 0.132. The van der Waals surface area contributed by atoms with Crippen LogP contribution in [-0.4, -0.2) is 24.5 Å². The zero-order valence-corrected chi connectivity index (χ0v) is 22.4. The highest BCUT2D eigenvalue weighted by molar-refractivity contribution is 6.39. The van der Waals surface area contributed by atoms with Crippen LogP contribution in [0.2, 0.25) is 0 Å². The van der Waals surface area contributed by atoms with Crippen LogP contribution in [0.1, 0.15) is 23.6 Å². The lowest BCUT2D eigenvalue weighted by Crippen LogP contribution is -2.54. The number of hydrogen-bond acceptors (Lipinski definition) is 5. The van der Waals surface area contributed by atoms with Gasteiger partial charge < -0.3 is 9.47 Å². The van der Waals surface area contributed by atoms with Crippen LogP contribution < -0.4 is 19.7 Å². The van der Waals surface area contributed by atoms with Crippen molar-refractivity contribution >= 4 is 40.4 Å². The third kappa shape index (κ3) is 5.86. The molecule has 4 aromatic rings. The fourth-order valence-corrected chi connectivity index (χ4v) is 4.63. The number of urea groups is 1.